The smallest absolute Gasteiger partial charge is 0.416 e. The van der Waals surface area contributed by atoms with Gasteiger partial charge >= 0.3 is 18.4 Å². The Balaban J connectivity index is 0.000000227. The van der Waals surface area contributed by atoms with Crippen molar-refractivity contribution in [2.45, 2.75) is 102 Å². The molecule has 0 radical (unpaired) electrons. The Kier molecular flexibility index (Phi) is 23.3. The number of ether oxygens (including phenoxy) is 6. The van der Waals surface area contributed by atoms with Crippen molar-refractivity contribution in [1.82, 2.24) is 19.9 Å². The third-order valence-corrected chi connectivity index (χ3v) is 14.8. The largest absolute Gasteiger partial charge is 0.475 e. The molecule has 468 valence electrons. The number of carbonyl (C=O) groups is 1. The number of amides is 2. The van der Waals surface area contributed by atoms with Gasteiger partial charge in [0.2, 0.25) is 11.8 Å². The first-order valence-electron chi connectivity index (χ1n) is 26.6. The molecule has 4 N–H and O–H groups in total. The van der Waals surface area contributed by atoms with Gasteiger partial charge < -0.3 is 54.6 Å². The van der Waals surface area contributed by atoms with Gasteiger partial charge in [-0.1, -0.05) is 47.5 Å². The molecular weight excluding hydrogens is 1250 g/mol. The summed E-state index contributed by atoms with van der Waals surface area (Å²) in [6.45, 7) is 12.3. The number of anilines is 6. The molecular formula is C57H68Cl2F6N10O7S4. The quantitative estimate of drug-likeness (QED) is 0.116. The van der Waals surface area contributed by atoms with Gasteiger partial charge in [0.25, 0.3) is 0 Å². The van der Waals surface area contributed by atoms with E-state index in [2.05, 4.69) is 40.4 Å². The summed E-state index contributed by atoms with van der Waals surface area (Å²) in [7, 11) is 0. The van der Waals surface area contributed by atoms with Crippen molar-refractivity contribution in [2.24, 2.45) is 0 Å². The third kappa shape index (κ3) is 17.0. The fourth-order valence-corrected chi connectivity index (χ4v) is 10.9. The molecule has 10 heterocycles. The minimum absolute atomic E-state index is 0. The number of carbonyl (C=O) groups excluding carboxylic acids is 1. The van der Waals surface area contributed by atoms with Crippen LogP contribution < -0.4 is 40.5 Å². The molecule has 0 saturated carbocycles. The van der Waals surface area contributed by atoms with Gasteiger partial charge in [0.15, 0.2) is 23.2 Å². The molecule has 2 amide bonds. The zero-order chi connectivity index (χ0) is 58.1. The number of alkyl halides is 6. The van der Waals surface area contributed by atoms with E-state index in [1.807, 2.05) is 27.7 Å². The van der Waals surface area contributed by atoms with Gasteiger partial charge in [-0.15, -0.1) is 0 Å². The summed E-state index contributed by atoms with van der Waals surface area (Å²) >= 11 is 12.9. The highest BCUT2D eigenvalue weighted by molar-refractivity contribution is 7.59. The highest BCUT2D eigenvalue weighted by Gasteiger charge is 2.40. The first-order valence-corrected chi connectivity index (χ1v) is 27.4. The highest BCUT2D eigenvalue weighted by atomic mass is 35.5. The summed E-state index contributed by atoms with van der Waals surface area (Å²) in [4.78, 5) is 37.1. The van der Waals surface area contributed by atoms with Gasteiger partial charge in [0.1, 0.15) is 25.4 Å². The first-order chi connectivity index (χ1) is 38.9. The van der Waals surface area contributed by atoms with Crippen LogP contribution in [0.4, 0.5) is 65.5 Å². The highest BCUT2D eigenvalue weighted by Crippen LogP contribution is 2.44. The van der Waals surface area contributed by atoms with Crippen LogP contribution in [0.2, 0.25) is 10.0 Å². The van der Waals surface area contributed by atoms with Crippen LogP contribution in [0.3, 0.4) is 0 Å². The number of rotatable bonds is 9. The summed E-state index contributed by atoms with van der Waals surface area (Å²) in [5, 5.41) is 6.82. The Morgan fingerprint density at radius 1 is 0.698 bits per heavy atom. The third-order valence-electron chi connectivity index (χ3n) is 14.2. The van der Waals surface area contributed by atoms with Crippen molar-refractivity contribution in [3.8, 4) is 34.3 Å². The number of nitrogen functional groups attached to an aromatic ring is 1. The Bertz CT molecular complexity index is 3280. The van der Waals surface area contributed by atoms with E-state index in [9.17, 15) is 31.1 Å². The van der Waals surface area contributed by atoms with Gasteiger partial charge in [-0.25, -0.2) is 24.7 Å². The maximum atomic E-state index is 13.7. The van der Waals surface area contributed by atoms with Crippen molar-refractivity contribution in [3.05, 3.63) is 118 Å². The molecule has 4 bridgehead atoms. The second kappa shape index (κ2) is 28.8. The lowest BCUT2D eigenvalue weighted by molar-refractivity contribution is -0.142. The number of fused-ring (bicyclic) bond motifs is 8. The van der Waals surface area contributed by atoms with Crippen LogP contribution in [-0.2, 0) is 31.3 Å². The lowest BCUT2D eigenvalue weighted by Gasteiger charge is -2.46. The van der Waals surface area contributed by atoms with Crippen LogP contribution in [0.5, 0.6) is 11.8 Å². The maximum absolute atomic E-state index is 13.7. The zero-order valence-corrected chi connectivity index (χ0v) is 52.6. The summed E-state index contributed by atoms with van der Waals surface area (Å²) in [6, 6.07) is 19.9. The molecule has 6 aliphatic heterocycles. The van der Waals surface area contributed by atoms with E-state index >= 15 is 0 Å². The van der Waals surface area contributed by atoms with E-state index in [1.165, 1.54) is 24.4 Å². The number of piperidine rings is 2. The van der Waals surface area contributed by atoms with Gasteiger partial charge in [-0.2, -0.15) is 80.3 Å². The van der Waals surface area contributed by atoms with Crippen molar-refractivity contribution >= 4 is 118 Å². The topological polar surface area (TPSA) is 184 Å². The van der Waals surface area contributed by atoms with E-state index in [0.717, 1.165) is 75.3 Å². The Morgan fingerprint density at radius 3 is 1.73 bits per heavy atom. The molecule has 4 aromatic heterocycles. The summed E-state index contributed by atoms with van der Waals surface area (Å²) < 4.78 is 113. The van der Waals surface area contributed by atoms with Crippen molar-refractivity contribution in [3.63, 3.8) is 0 Å². The van der Waals surface area contributed by atoms with E-state index in [-0.39, 0.29) is 95.1 Å². The molecule has 4 fully saturated rings. The number of hydrogen-bond donors (Lipinski definition) is 3. The predicted octanol–water partition coefficient (Wildman–Crippen LogP) is 12.8. The van der Waals surface area contributed by atoms with E-state index < -0.39 is 41.1 Å². The van der Waals surface area contributed by atoms with Crippen LogP contribution in [0, 0.1) is 0 Å². The normalized spacial score (nSPS) is 20.2. The minimum atomic E-state index is -4.52. The predicted molar refractivity (Wildman–Crippen MR) is 340 cm³/mol. The number of urea groups is 1. The lowest BCUT2D eigenvalue weighted by Crippen LogP contribution is -2.56. The molecule has 4 saturated heterocycles. The van der Waals surface area contributed by atoms with Crippen LogP contribution in [-0.4, -0.2) is 114 Å². The molecule has 17 nitrogen and oxygen atoms in total. The number of nitrogens with two attached hydrogens (primary N) is 1. The van der Waals surface area contributed by atoms with Crippen molar-refractivity contribution in [1.29, 1.82) is 0 Å². The molecule has 6 aliphatic rings. The fraction of sp³-hybridized carbons (Fsp3) is 0.421. The second-order valence-electron chi connectivity index (χ2n) is 21.3. The van der Waals surface area contributed by atoms with Crippen LogP contribution in [0.25, 0.3) is 22.5 Å². The summed E-state index contributed by atoms with van der Waals surface area (Å²) in [5.41, 5.74) is 7.77. The van der Waals surface area contributed by atoms with Crippen LogP contribution in [0.15, 0.2) is 97.3 Å². The van der Waals surface area contributed by atoms with Crippen molar-refractivity contribution < 1.29 is 59.6 Å². The number of hydrogen-bond acceptors (Lipinski definition) is 15. The SMILES string of the molecule is CC1(C)OC[C@H](COc2ccc(N)cn2)O1.CC1(C)OC[C@H](COc2ccc(NC(=O)N3c4nc(-c5cccc(C(F)(F)F)c5)c(Cl)cc4N4CCC[C@H]3C4)cn2)O1.FC(F)(F)c1cccc(-c2nc3c(cc2Cl)N2CCC[C@@H](C2)N3)c1.S.S.S.S. The van der Waals surface area contributed by atoms with Crippen LogP contribution >= 0.6 is 77.2 Å². The summed E-state index contributed by atoms with van der Waals surface area (Å²) in [6.07, 6.45) is -2.33. The Morgan fingerprint density at radius 2 is 1.22 bits per heavy atom. The van der Waals surface area contributed by atoms with E-state index in [0.29, 0.717) is 89.1 Å². The zero-order valence-electron chi connectivity index (χ0n) is 47.1. The van der Waals surface area contributed by atoms with Gasteiger partial charge in [0.05, 0.1) is 87.0 Å². The average Bonchev–Trinajstić information content (AvgIpc) is 2.24. The van der Waals surface area contributed by atoms with Crippen LogP contribution in [0.1, 0.15) is 64.5 Å². The molecule has 0 spiro atoms. The number of halogens is 8. The molecule has 29 heteroatoms. The Hall–Kier alpha value is -5.49. The maximum Gasteiger partial charge on any atom is 0.416 e. The molecule has 4 atom stereocenters. The lowest BCUT2D eigenvalue weighted by atomic mass is 9.99. The molecule has 12 rings (SSSR count). The van der Waals surface area contributed by atoms with Gasteiger partial charge in [-0.05, 0) is 102 Å². The number of nitrogens with one attached hydrogen (secondary N) is 2. The minimum Gasteiger partial charge on any atom is -0.475 e. The first kappa shape index (κ1) is 69.6. The van der Waals surface area contributed by atoms with E-state index in [4.69, 9.17) is 57.4 Å². The van der Waals surface area contributed by atoms with Gasteiger partial charge in [-0.3, -0.25) is 4.90 Å². The number of pyridine rings is 4. The number of aromatic nitrogens is 4. The van der Waals surface area contributed by atoms with Crippen molar-refractivity contribution in [2.75, 3.05) is 83.7 Å². The monoisotopic (exact) mass is 1320 g/mol. The Labute approximate surface area is 532 Å². The number of benzene rings is 2. The number of nitrogens with zero attached hydrogens (tertiary/aromatic N) is 7. The fourth-order valence-electron chi connectivity index (χ4n) is 10.4. The average molecular weight is 1320 g/mol. The molecule has 0 aliphatic carbocycles. The molecule has 2 aromatic carbocycles. The molecule has 6 aromatic rings. The standard InChI is InChI=1S/C29H29ClF3N5O4.C17H15ClF3N3.C11H16N2O3.4H2S/c1-28(2)41-16-21(42-28)15-40-24-9-8-19(13-34-24)35-27(39)38-20-7-4-10-37(14-20)23-12-22(30)25(36-26(23)38)17-5-3-6-18(11-17)29(31,32)33;18-13-8-14-16(22-12-5-2-6-24(14)9-12)23-15(13)10-3-1-4-11(7-10)17(19,20)21;1-11(2)15-7-9(16-11)6-14-10-4-3-8(12)5-13-10;;;;/h3,5-6,8-9,11-13,20-21H,4,7,10,14-16H2,1-2H3,(H,35,39);1,3-4,7-8,12H,2,5-6,9H2,(H,22,23);3-5,9H,6-7,12H2,1-2H3;4*1H2/t20-,21-;12-;9-;;;;/m000..../s1. The second-order valence-corrected chi connectivity index (χ2v) is 22.1. The molecule has 0 unspecified atom stereocenters. The molecule has 86 heavy (non-hydrogen) atoms. The van der Waals surface area contributed by atoms with Gasteiger partial charge in [0, 0.05) is 55.5 Å². The van der Waals surface area contributed by atoms with E-state index in [1.54, 1.807) is 53.6 Å². The summed E-state index contributed by atoms with van der Waals surface area (Å²) in [5.74, 6) is 0.795.